The second kappa shape index (κ2) is 9.37. The van der Waals surface area contributed by atoms with Gasteiger partial charge in [-0.25, -0.2) is 4.79 Å². The molecule has 1 atom stereocenters. The molecule has 35 heavy (non-hydrogen) atoms. The minimum atomic E-state index is -0.465. The average Bonchev–Trinajstić information content (AvgIpc) is 3.61. The smallest absolute Gasteiger partial charge is 0.318 e. The number of carbonyl (C=O) groups excluding carboxylic acids is 2. The molecule has 1 aliphatic carbocycles. The van der Waals surface area contributed by atoms with E-state index in [2.05, 4.69) is 9.88 Å². The van der Waals surface area contributed by atoms with Crippen LogP contribution in [-0.4, -0.2) is 54.8 Å². The number of para-hydroxylation sites is 2. The zero-order valence-corrected chi connectivity index (χ0v) is 20.2. The summed E-state index contributed by atoms with van der Waals surface area (Å²) in [6, 6.07) is 16.9. The molecule has 2 aromatic carbocycles. The number of rotatable bonds is 7. The number of urea groups is 1. The van der Waals surface area contributed by atoms with Gasteiger partial charge in [0.25, 0.3) is 0 Å². The van der Waals surface area contributed by atoms with Crippen LogP contribution in [0.3, 0.4) is 0 Å². The maximum atomic E-state index is 14.1. The van der Waals surface area contributed by atoms with Crippen molar-refractivity contribution >= 4 is 17.6 Å². The molecule has 0 bridgehead atoms. The van der Waals surface area contributed by atoms with Crippen molar-refractivity contribution in [2.24, 2.45) is 0 Å². The molecule has 1 aromatic heterocycles. The topological polar surface area (TPSA) is 76.0 Å². The van der Waals surface area contributed by atoms with Crippen molar-refractivity contribution in [3.8, 4) is 17.2 Å². The number of aromatic nitrogens is 1. The van der Waals surface area contributed by atoms with Crippen LogP contribution in [0.15, 0.2) is 60.8 Å². The highest BCUT2D eigenvalue weighted by Crippen LogP contribution is 2.45. The van der Waals surface area contributed by atoms with E-state index in [1.807, 2.05) is 67.7 Å². The van der Waals surface area contributed by atoms with Gasteiger partial charge in [-0.2, -0.15) is 0 Å². The third-order valence-corrected chi connectivity index (χ3v) is 6.60. The molecule has 1 aliphatic heterocycles. The number of ether oxygens (including phenoxy) is 2. The Morgan fingerprint density at radius 1 is 1.03 bits per heavy atom. The minimum absolute atomic E-state index is 0.00563. The highest BCUT2D eigenvalue weighted by atomic mass is 16.5. The van der Waals surface area contributed by atoms with E-state index in [0.29, 0.717) is 18.0 Å². The molecule has 182 valence electrons. The molecule has 2 heterocycles. The number of benzene rings is 2. The van der Waals surface area contributed by atoms with Crippen molar-refractivity contribution in [2.45, 2.75) is 31.8 Å². The minimum Gasteiger partial charge on any atom is -0.497 e. The molecule has 2 aliphatic rings. The van der Waals surface area contributed by atoms with Crippen molar-refractivity contribution < 1.29 is 19.1 Å². The Morgan fingerprint density at radius 2 is 1.80 bits per heavy atom. The highest BCUT2D eigenvalue weighted by molar-refractivity contribution is 6.00. The zero-order valence-electron chi connectivity index (χ0n) is 20.2. The maximum Gasteiger partial charge on any atom is 0.318 e. The number of carbonyl (C=O) groups is 2. The van der Waals surface area contributed by atoms with Crippen LogP contribution in [0.5, 0.6) is 11.5 Å². The summed E-state index contributed by atoms with van der Waals surface area (Å²) in [4.78, 5) is 30.4. The van der Waals surface area contributed by atoms with E-state index in [1.54, 1.807) is 24.0 Å². The molecule has 1 saturated carbocycles. The van der Waals surface area contributed by atoms with Gasteiger partial charge in [-0.15, -0.1) is 0 Å². The van der Waals surface area contributed by atoms with E-state index in [9.17, 15) is 9.59 Å². The summed E-state index contributed by atoms with van der Waals surface area (Å²) in [6.45, 7) is 2.39. The molecule has 1 N–H and O–H groups in total. The number of methoxy groups -OCH3 is 2. The number of hydrogen-bond donors (Lipinski definition) is 1. The molecule has 3 amide bonds. The number of anilines is 1. The second-order valence-electron chi connectivity index (χ2n) is 8.76. The zero-order chi connectivity index (χ0) is 24.5. The summed E-state index contributed by atoms with van der Waals surface area (Å²) >= 11 is 0. The van der Waals surface area contributed by atoms with Crippen LogP contribution in [0.2, 0.25) is 0 Å². The van der Waals surface area contributed by atoms with Gasteiger partial charge in [0, 0.05) is 24.3 Å². The molecule has 0 spiro atoms. The summed E-state index contributed by atoms with van der Waals surface area (Å²) in [5, 5.41) is 2.86. The first-order valence-electron chi connectivity index (χ1n) is 11.9. The fraction of sp³-hybridized carbons (Fsp3) is 0.333. The number of amides is 3. The summed E-state index contributed by atoms with van der Waals surface area (Å²) < 4.78 is 13.3. The number of hydrogen-bond acceptors (Lipinski definition) is 4. The van der Waals surface area contributed by atoms with Crippen molar-refractivity contribution in [1.82, 2.24) is 14.8 Å². The summed E-state index contributed by atoms with van der Waals surface area (Å²) in [5.74, 6) is 1.17. The van der Waals surface area contributed by atoms with E-state index < -0.39 is 6.04 Å². The Balaban J connectivity index is 1.63. The van der Waals surface area contributed by atoms with Crippen LogP contribution >= 0.6 is 0 Å². The van der Waals surface area contributed by atoms with Gasteiger partial charge in [0.2, 0.25) is 5.91 Å². The lowest BCUT2D eigenvalue weighted by Gasteiger charge is -2.40. The number of fused-ring (bicyclic) bond motifs is 3. The number of nitrogens with one attached hydrogen (secondary N) is 1. The van der Waals surface area contributed by atoms with Crippen molar-refractivity contribution in [3.63, 3.8) is 0 Å². The van der Waals surface area contributed by atoms with Crippen LogP contribution in [-0.2, 0) is 4.79 Å². The molecule has 0 saturated heterocycles. The van der Waals surface area contributed by atoms with E-state index in [0.717, 1.165) is 35.5 Å². The van der Waals surface area contributed by atoms with Gasteiger partial charge in [-0.3, -0.25) is 9.69 Å². The molecule has 8 heteroatoms. The first-order chi connectivity index (χ1) is 17.1. The third-order valence-electron chi connectivity index (χ3n) is 6.60. The van der Waals surface area contributed by atoms with Crippen molar-refractivity contribution in [2.75, 3.05) is 32.2 Å². The molecular weight excluding hydrogens is 444 g/mol. The van der Waals surface area contributed by atoms with E-state index in [-0.39, 0.29) is 24.5 Å². The van der Waals surface area contributed by atoms with Crippen LogP contribution in [0.4, 0.5) is 10.5 Å². The summed E-state index contributed by atoms with van der Waals surface area (Å²) in [5.41, 5.74) is 3.43. The van der Waals surface area contributed by atoms with Gasteiger partial charge in [0.1, 0.15) is 24.1 Å². The Labute approximate surface area is 205 Å². The molecule has 3 aromatic rings. The van der Waals surface area contributed by atoms with Crippen LogP contribution in [0, 0.1) is 0 Å². The van der Waals surface area contributed by atoms with Gasteiger partial charge in [0.15, 0.2) is 0 Å². The lowest BCUT2D eigenvalue weighted by molar-refractivity contribution is -0.119. The second-order valence-corrected chi connectivity index (χ2v) is 8.76. The molecule has 5 rings (SSSR count). The Hall–Kier alpha value is -3.94. The monoisotopic (exact) mass is 474 g/mol. The van der Waals surface area contributed by atoms with E-state index in [4.69, 9.17) is 9.47 Å². The summed E-state index contributed by atoms with van der Waals surface area (Å²) in [6.07, 6.45) is 3.83. The predicted octanol–water partition coefficient (Wildman–Crippen LogP) is 4.12. The van der Waals surface area contributed by atoms with Crippen LogP contribution in [0.25, 0.3) is 5.69 Å². The average molecular weight is 475 g/mol. The SMILES string of the molecule is CCNC(=O)N(CC(=O)N1c2ccccc2-n2cccc2C1c1cc(OC)ccc1OC)C1CC1. The fourth-order valence-corrected chi connectivity index (χ4v) is 4.84. The fourth-order valence-electron chi connectivity index (χ4n) is 4.84. The number of nitrogens with zero attached hydrogens (tertiary/aromatic N) is 3. The maximum absolute atomic E-state index is 14.1. The first kappa shape index (κ1) is 22.8. The molecule has 1 fully saturated rings. The molecule has 8 nitrogen and oxygen atoms in total. The van der Waals surface area contributed by atoms with E-state index in [1.165, 1.54) is 0 Å². The lowest BCUT2D eigenvalue weighted by Crippen LogP contribution is -2.50. The normalized spacial score (nSPS) is 16.2. The quantitative estimate of drug-likeness (QED) is 0.559. The van der Waals surface area contributed by atoms with Gasteiger partial charge < -0.3 is 24.3 Å². The first-order valence-corrected chi connectivity index (χ1v) is 11.9. The predicted molar refractivity (Wildman–Crippen MR) is 133 cm³/mol. The molecule has 1 unspecified atom stereocenters. The molecular formula is C27H30N4O4. The van der Waals surface area contributed by atoms with E-state index >= 15 is 0 Å². The van der Waals surface area contributed by atoms with Crippen LogP contribution in [0.1, 0.15) is 37.1 Å². The van der Waals surface area contributed by atoms with Crippen LogP contribution < -0.4 is 19.7 Å². The molecule has 0 radical (unpaired) electrons. The lowest BCUT2D eigenvalue weighted by atomic mass is 9.96. The standard InChI is InChI=1S/C27H30N4O4/c1-4-28-27(33)30(18-11-12-18)17-25(32)31-22-9-6-5-8-21(22)29-15-7-10-23(29)26(31)20-16-19(34-2)13-14-24(20)35-3/h5-10,13-16,18,26H,4,11-12,17H2,1-3H3,(H,28,33). The Kier molecular flexibility index (Phi) is 6.11. The van der Waals surface area contributed by atoms with Gasteiger partial charge in [-0.1, -0.05) is 12.1 Å². The Bertz CT molecular complexity index is 1250. The van der Waals surface area contributed by atoms with Crippen molar-refractivity contribution in [3.05, 3.63) is 72.1 Å². The summed E-state index contributed by atoms with van der Waals surface area (Å²) in [7, 11) is 3.24. The highest BCUT2D eigenvalue weighted by Gasteiger charge is 2.40. The van der Waals surface area contributed by atoms with Gasteiger partial charge in [0.05, 0.1) is 31.3 Å². The Morgan fingerprint density at radius 3 is 2.49 bits per heavy atom. The van der Waals surface area contributed by atoms with Gasteiger partial charge in [-0.05, 0) is 62.2 Å². The van der Waals surface area contributed by atoms with Crippen molar-refractivity contribution in [1.29, 1.82) is 0 Å². The third kappa shape index (κ3) is 4.09. The van der Waals surface area contributed by atoms with Gasteiger partial charge >= 0.3 is 6.03 Å². The largest absolute Gasteiger partial charge is 0.497 e.